The molecule has 0 aromatic heterocycles. The van der Waals surface area contributed by atoms with Gasteiger partial charge < -0.3 is 20.3 Å². The summed E-state index contributed by atoms with van der Waals surface area (Å²) >= 11 is 0. The van der Waals surface area contributed by atoms with E-state index in [9.17, 15) is 4.79 Å². The minimum absolute atomic E-state index is 0.131. The maximum absolute atomic E-state index is 13.1. The van der Waals surface area contributed by atoms with Crippen molar-refractivity contribution in [2.45, 2.75) is 31.7 Å². The lowest BCUT2D eigenvalue weighted by Crippen LogP contribution is -2.49. The van der Waals surface area contributed by atoms with Crippen LogP contribution in [0.15, 0.2) is 24.3 Å². The van der Waals surface area contributed by atoms with Crippen molar-refractivity contribution in [2.75, 3.05) is 40.8 Å². The molecule has 1 heterocycles. The monoisotopic (exact) mass is 345 g/mol. The molecule has 1 unspecified atom stereocenters. The van der Waals surface area contributed by atoms with E-state index >= 15 is 0 Å². The Hall–Kier alpha value is -1.59. The van der Waals surface area contributed by atoms with Crippen molar-refractivity contribution in [3.8, 4) is 5.75 Å². The number of nitrogens with one attached hydrogen (secondary N) is 2. The van der Waals surface area contributed by atoms with Crippen LogP contribution in [0.4, 0.5) is 0 Å². The fourth-order valence-electron chi connectivity index (χ4n) is 4.50. The smallest absolute Gasteiger partial charge is 0.227 e. The number of carbonyl (C=O) groups excluding carboxylic acids is 1. The zero-order chi connectivity index (χ0) is 17.9. The Balaban J connectivity index is 1.70. The van der Waals surface area contributed by atoms with Gasteiger partial charge in [0.15, 0.2) is 0 Å². The molecule has 5 heteroatoms. The van der Waals surface area contributed by atoms with Gasteiger partial charge in [0.25, 0.3) is 0 Å². The molecule has 2 fully saturated rings. The van der Waals surface area contributed by atoms with Crippen molar-refractivity contribution in [3.63, 3.8) is 0 Å². The molecule has 1 amide bonds. The second kappa shape index (κ2) is 7.75. The summed E-state index contributed by atoms with van der Waals surface area (Å²) in [4.78, 5) is 15.2. The molecule has 1 aliphatic heterocycles. The fourth-order valence-corrected chi connectivity index (χ4v) is 4.50. The third-order valence-electron chi connectivity index (χ3n) is 6.05. The third kappa shape index (κ3) is 3.67. The maximum atomic E-state index is 13.1. The van der Waals surface area contributed by atoms with Gasteiger partial charge in [-0.25, -0.2) is 0 Å². The standard InChI is InChI=1S/C20H31N3O2/c1-23(2)18(15-7-6-9-17(11-15)25-3)13-22-19(24)20-10-5-4-8-16(20)12-21-14-20/h6-7,9,11,16,18,21H,4-5,8,10,12-14H2,1-3H3,(H,22,24)/t16-,18?,20+/m0/s1. The van der Waals surface area contributed by atoms with Gasteiger partial charge in [-0.1, -0.05) is 25.0 Å². The van der Waals surface area contributed by atoms with Gasteiger partial charge in [-0.15, -0.1) is 0 Å². The number of nitrogens with zero attached hydrogens (tertiary/aromatic N) is 1. The summed E-state index contributed by atoms with van der Waals surface area (Å²) in [5.41, 5.74) is 0.968. The summed E-state index contributed by atoms with van der Waals surface area (Å²) in [6.07, 6.45) is 4.61. The Morgan fingerprint density at radius 2 is 2.28 bits per heavy atom. The van der Waals surface area contributed by atoms with Crippen molar-refractivity contribution < 1.29 is 9.53 Å². The first-order valence-electron chi connectivity index (χ1n) is 9.36. The van der Waals surface area contributed by atoms with Gasteiger partial charge in [0.05, 0.1) is 18.6 Å². The first kappa shape index (κ1) is 18.2. The summed E-state index contributed by atoms with van der Waals surface area (Å²) in [5, 5.41) is 6.73. The second-order valence-electron chi connectivity index (χ2n) is 7.70. The molecule has 5 nitrogen and oxygen atoms in total. The predicted octanol–water partition coefficient (Wildman–Crippen LogP) is 2.19. The van der Waals surface area contributed by atoms with Gasteiger partial charge in [-0.05, 0) is 57.1 Å². The van der Waals surface area contributed by atoms with E-state index < -0.39 is 0 Å². The zero-order valence-electron chi connectivity index (χ0n) is 15.7. The molecule has 1 aromatic rings. The zero-order valence-corrected chi connectivity index (χ0v) is 15.7. The van der Waals surface area contributed by atoms with Gasteiger partial charge in [0, 0.05) is 13.1 Å². The minimum Gasteiger partial charge on any atom is -0.497 e. The van der Waals surface area contributed by atoms with Gasteiger partial charge in [-0.2, -0.15) is 0 Å². The van der Waals surface area contributed by atoms with Crippen molar-refractivity contribution in [1.29, 1.82) is 0 Å². The maximum Gasteiger partial charge on any atom is 0.227 e. The van der Waals surface area contributed by atoms with Crippen LogP contribution >= 0.6 is 0 Å². The highest BCUT2D eigenvalue weighted by molar-refractivity contribution is 5.84. The Bertz CT molecular complexity index is 604. The largest absolute Gasteiger partial charge is 0.497 e. The summed E-state index contributed by atoms with van der Waals surface area (Å²) in [6.45, 7) is 2.43. The van der Waals surface area contributed by atoms with E-state index in [2.05, 4.69) is 41.8 Å². The fraction of sp³-hybridized carbons (Fsp3) is 0.650. The molecule has 25 heavy (non-hydrogen) atoms. The molecular formula is C20H31N3O2. The molecule has 0 bridgehead atoms. The van der Waals surface area contributed by atoms with E-state index in [1.165, 1.54) is 19.3 Å². The lowest BCUT2D eigenvalue weighted by atomic mass is 9.67. The van der Waals surface area contributed by atoms with Crippen LogP contribution in [-0.2, 0) is 4.79 Å². The number of ether oxygens (including phenoxy) is 1. The van der Waals surface area contributed by atoms with Gasteiger partial charge in [0.1, 0.15) is 5.75 Å². The molecule has 3 rings (SSSR count). The number of hydrogen-bond donors (Lipinski definition) is 2. The second-order valence-corrected chi connectivity index (χ2v) is 7.70. The van der Waals surface area contributed by atoms with Crippen LogP contribution in [-0.4, -0.2) is 51.6 Å². The van der Waals surface area contributed by atoms with Crippen LogP contribution in [0, 0.1) is 11.3 Å². The van der Waals surface area contributed by atoms with Crippen LogP contribution in [0.3, 0.4) is 0 Å². The quantitative estimate of drug-likeness (QED) is 0.830. The summed E-state index contributed by atoms with van der Waals surface area (Å²) < 4.78 is 5.35. The van der Waals surface area contributed by atoms with E-state index in [4.69, 9.17) is 4.74 Å². The number of fused-ring (bicyclic) bond motifs is 1. The SMILES string of the molecule is COc1cccc(C(CNC(=O)[C@@]23CCCC[C@H]2CNC3)N(C)C)c1. The molecule has 1 aliphatic carbocycles. The van der Waals surface area contributed by atoms with Crippen LogP contribution in [0.1, 0.15) is 37.3 Å². The van der Waals surface area contributed by atoms with E-state index in [0.717, 1.165) is 30.8 Å². The Kier molecular flexibility index (Phi) is 5.64. The molecule has 1 aromatic carbocycles. The lowest BCUT2D eigenvalue weighted by Gasteiger charge is -2.38. The molecule has 1 saturated heterocycles. The molecular weight excluding hydrogens is 314 g/mol. The molecule has 1 saturated carbocycles. The normalized spacial score (nSPS) is 27.0. The molecule has 2 aliphatic rings. The number of methoxy groups -OCH3 is 1. The number of benzene rings is 1. The number of rotatable bonds is 6. The summed E-state index contributed by atoms with van der Waals surface area (Å²) in [5.74, 6) is 1.58. The Labute approximate surface area is 151 Å². The highest BCUT2D eigenvalue weighted by atomic mass is 16.5. The topological polar surface area (TPSA) is 53.6 Å². The first-order valence-corrected chi connectivity index (χ1v) is 9.36. The van der Waals surface area contributed by atoms with E-state index in [-0.39, 0.29) is 17.4 Å². The molecule has 3 atom stereocenters. The number of hydrogen-bond acceptors (Lipinski definition) is 4. The van der Waals surface area contributed by atoms with Crippen LogP contribution in [0.25, 0.3) is 0 Å². The van der Waals surface area contributed by atoms with Gasteiger partial charge in [0.2, 0.25) is 5.91 Å². The van der Waals surface area contributed by atoms with E-state index in [1.54, 1.807) is 7.11 Å². The summed E-state index contributed by atoms with van der Waals surface area (Å²) in [7, 11) is 5.78. The molecule has 0 spiro atoms. The Morgan fingerprint density at radius 3 is 3.04 bits per heavy atom. The lowest BCUT2D eigenvalue weighted by molar-refractivity contribution is -0.134. The van der Waals surface area contributed by atoms with Crippen molar-refractivity contribution >= 4 is 5.91 Å². The van der Waals surface area contributed by atoms with Gasteiger partial charge >= 0.3 is 0 Å². The highest BCUT2D eigenvalue weighted by Crippen LogP contribution is 2.44. The van der Waals surface area contributed by atoms with Crippen LogP contribution in [0.2, 0.25) is 0 Å². The average molecular weight is 345 g/mol. The van der Waals surface area contributed by atoms with Crippen LogP contribution < -0.4 is 15.4 Å². The molecule has 2 N–H and O–H groups in total. The number of likely N-dealkylation sites (N-methyl/N-ethyl adjacent to an activating group) is 1. The molecule has 0 radical (unpaired) electrons. The minimum atomic E-state index is -0.191. The number of carbonyl (C=O) groups is 1. The average Bonchev–Trinajstić information content (AvgIpc) is 3.07. The Morgan fingerprint density at radius 1 is 1.44 bits per heavy atom. The van der Waals surface area contributed by atoms with Crippen molar-refractivity contribution in [3.05, 3.63) is 29.8 Å². The predicted molar refractivity (Wildman–Crippen MR) is 99.7 cm³/mol. The first-order chi connectivity index (χ1) is 12.1. The van der Waals surface area contributed by atoms with E-state index in [0.29, 0.717) is 12.5 Å². The van der Waals surface area contributed by atoms with Crippen LogP contribution in [0.5, 0.6) is 5.75 Å². The van der Waals surface area contributed by atoms with Crippen molar-refractivity contribution in [1.82, 2.24) is 15.5 Å². The van der Waals surface area contributed by atoms with Crippen molar-refractivity contribution in [2.24, 2.45) is 11.3 Å². The third-order valence-corrected chi connectivity index (χ3v) is 6.05. The molecule has 138 valence electrons. The van der Waals surface area contributed by atoms with E-state index in [1.807, 2.05) is 12.1 Å². The van der Waals surface area contributed by atoms with Gasteiger partial charge in [-0.3, -0.25) is 4.79 Å². The number of amides is 1. The summed E-state index contributed by atoms with van der Waals surface area (Å²) in [6, 6.07) is 8.23. The highest BCUT2D eigenvalue weighted by Gasteiger charge is 2.49.